The van der Waals surface area contributed by atoms with Crippen LogP contribution in [0.4, 0.5) is 19.0 Å². The van der Waals surface area contributed by atoms with Crippen molar-refractivity contribution in [1.82, 2.24) is 14.8 Å². The zero-order chi connectivity index (χ0) is 15.7. The van der Waals surface area contributed by atoms with Crippen LogP contribution < -0.4 is 4.90 Å². The van der Waals surface area contributed by atoms with Gasteiger partial charge < -0.3 is 4.90 Å². The summed E-state index contributed by atoms with van der Waals surface area (Å²) in [5.74, 6) is 1.59. The van der Waals surface area contributed by atoms with Crippen molar-refractivity contribution in [2.24, 2.45) is 5.92 Å². The van der Waals surface area contributed by atoms with Gasteiger partial charge in [-0.15, -0.1) is 0 Å². The number of hydrogen-bond acceptors (Lipinski definition) is 3. The molecule has 118 valence electrons. The van der Waals surface area contributed by atoms with E-state index in [1.165, 1.54) is 10.9 Å². The first-order valence-corrected chi connectivity index (χ1v) is 7.22. The summed E-state index contributed by atoms with van der Waals surface area (Å²) in [6, 6.07) is 4.79. The third kappa shape index (κ3) is 3.23. The van der Waals surface area contributed by atoms with Crippen LogP contribution in [0.3, 0.4) is 0 Å². The molecule has 0 saturated carbocycles. The summed E-state index contributed by atoms with van der Waals surface area (Å²) < 4.78 is 38.8. The molecule has 3 rings (SSSR count). The lowest BCUT2D eigenvalue weighted by Crippen LogP contribution is -2.20. The number of pyridine rings is 1. The van der Waals surface area contributed by atoms with E-state index in [-0.39, 0.29) is 6.54 Å². The number of hydrogen-bond donors (Lipinski definition) is 0. The van der Waals surface area contributed by atoms with Crippen LogP contribution in [0.2, 0.25) is 0 Å². The van der Waals surface area contributed by atoms with E-state index in [4.69, 9.17) is 0 Å². The highest BCUT2D eigenvalue weighted by Gasteiger charge is 2.33. The maximum absolute atomic E-state index is 12.5. The maximum atomic E-state index is 12.5. The standard InChI is InChI=1S/C15H17F3N4/c1-11-4-6-21(9-11)14-3-2-12(8-19-14)10-22-7-5-13(20-22)15(16,17)18/h2-3,5,7-8,11H,4,6,9-10H2,1H3/t11-/m0/s1. The lowest BCUT2D eigenvalue weighted by molar-refractivity contribution is -0.141. The van der Waals surface area contributed by atoms with Crippen molar-refractivity contribution in [3.8, 4) is 0 Å². The minimum absolute atomic E-state index is 0.278. The van der Waals surface area contributed by atoms with Gasteiger partial charge in [0.05, 0.1) is 6.54 Å². The van der Waals surface area contributed by atoms with Gasteiger partial charge in [-0.25, -0.2) is 4.98 Å². The van der Waals surface area contributed by atoms with Crippen LogP contribution in [-0.2, 0) is 12.7 Å². The van der Waals surface area contributed by atoms with Crippen LogP contribution in [0.25, 0.3) is 0 Å². The molecule has 0 bridgehead atoms. The van der Waals surface area contributed by atoms with Crippen molar-refractivity contribution in [3.63, 3.8) is 0 Å². The molecule has 2 aromatic rings. The van der Waals surface area contributed by atoms with Gasteiger partial charge in [0.1, 0.15) is 5.82 Å². The molecule has 1 aliphatic rings. The van der Waals surface area contributed by atoms with Gasteiger partial charge in [0, 0.05) is 25.5 Å². The second-order valence-corrected chi connectivity index (χ2v) is 5.76. The fraction of sp³-hybridized carbons (Fsp3) is 0.467. The first-order chi connectivity index (χ1) is 10.4. The lowest BCUT2D eigenvalue weighted by Gasteiger charge is -2.17. The molecule has 22 heavy (non-hydrogen) atoms. The molecule has 0 amide bonds. The fourth-order valence-electron chi connectivity index (χ4n) is 2.63. The molecule has 0 spiro atoms. The summed E-state index contributed by atoms with van der Waals surface area (Å²) in [5, 5.41) is 3.54. The molecular weight excluding hydrogens is 293 g/mol. The third-order valence-electron chi connectivity index (χ3n) is 3.83. The Kier molecular flexibility index (Phi) is 3.80. The Morgan fingerprint density at radius 1 is 1.27 bits per heavy atom. The van der Waals surface area contributed by atoms with Crippen LogP contribution in [0, 0.1) is 5.92 Å². The predicted molar refractivity (Wildman–Crippen MR) is 76.6 cm³/mol. The highest BCUT2D eigenvalue weighted by atomic mass is 19.4. The van der Waals surface area contributed by atoms with Gasteiger partial charge in [0.25, 0.3) is 0 Å². The number of aromatic nitrogens is 3. The first-order valence-electron chi connectivity index (χ1n) is 7.22. The topological polar surface area (TPSA) is 34.0 Å². The largest absolute Gasteiger partial charge is 0.435 e. The Balaban J connectivity index is 1.67. The van der Waals surface area contributed by atoms with Gasteiger partial charge in [-0.05, 0) is 30.0 Å². The summed E-state index contributed by atoms with van der Waals surface area (Å²) >= 11 is 0. The van der Waals surface area contributed by atoms with Crippen LogP contribution in [-0.4, -0.2) is 27.9 Å². The highest BCUT2D eigenvalue weighted by molar-refractivity contribution is 5.40. The molecule has 0 aliphatic carbocycles. The molecule has 1 saturated heterocycles. The van der Waals surface area contributed by atoms with Gasteiger partial charge in [-0.1, -0.05) is 13.0 Å². The van der Waals surface area contributed by atoms with Gasteiger partial charge in [-0.2, -0.15) is 18.3 Å². The molecule has 1 aliphatic heterocycles. The molecule has 7 heteroatoms. The van der Waals surface area contributed by atoms with Crippen molar-refractivity contribution in [2.75, 3.05) is 18.0 Å². The molecule has 3 heterocycles. The van der Waals surface area contributed by atoms with E-state index in [0.29, 0.717) is 5.92 Å². The zero-order valence-electron chi connectivity index (χ0n) is 12.2. The summed E-state index contributed by atoms with van der Waals surface area (Å²) in [4.78, 5) is 6.64. The van der Waals surface area contributed by atoms with Crippen LogP contribution >= 0.6 is 0 Å². The minimum atomic E-state index is -4.40. The fourth-order valence-corrected chi connectivity index (χ4v) is 2.63. The second-order valence-electron chi connectivity index (χ2n) is 5.76. The first kappa shape index (κ1) is 14.9. The smallest absolute Gasteiger partial charge is 0.356 e. The van der Waals surface area contributed by atoms with Gasteiger partial charge in [0.15, 0.2) is 5.69 Å². The summed E-state index contributed by atoms with van der Waals surface area (Å²) in [5.41, 5.74) is -0.0454. The Morgan fingerprint density at radius 3 is 2.64 bits per heavy atom. The normalized spacial score (nSPS) is 18.9. The Bertz CT molecular complexity index is 633. The molecule has 1 atom stereocenters. The number of alkyl halides is 3. The number of rotatable bonds is 3. The number of nitrogens with zero attached hydrogens (tertiary/aromatic N) is 4. The van der Waals surface area contributed by atoms with E-state index < -0.39 is 11.9 Å². The second kappa shape index (κ2) is 5.62. The predicted octanol–water partition coefficient (Wildman–Crippen LogP) is 3.19. The average Bonchev–Trinajstić information content (AvgIpc) is 3.08. The van der Waals surface area contributed by atoms with Crippen molar-refractivity contribution < 1.29 is 13.2 Å². The Hall–Kier alpha value is -2.05. The number of anilines is 1. The summed E-state index contributed by atoms with van der Waals surface area (Å²) in [6.45, 7) is 4.49. The van der Waals surface area contributed by atoms with Crippen molar-refractivity contribution in [1.29, 1.82) is 0 Å². The van der Waals surface area contributed by atoms with Crippen LogP contribution in [0.1, 0.15) is 24.6 Å². The molecule has 0 N–H and O–H groups in total. The summed E-state index contributed by atoms with van der Waals surface area (Å²) in [7, 11) is 0. The lowest BCUT2D eigenvalue weighted by atomic mass is 10.2. The Labute approximate surface area is 126 Å². The van der Waals surface area contributed by atoms with E-state index >= 15 is 0 Å². The van der Waals surface area contributed by atoms with Crippen molar-refractivity contribution in [3.05, 3.63) is 41.9 Å². The van der Waals surface area contributed by atoms with Gasteiger partial charge in [0.2, 0.25) is 0 Å². The third-order valence-corrected chi connectivity index (χ3v) is 3.83. The van der Waals surface area contributed by atoms with Crippen molar-refractivity contribution >= 4 is 5.82 Å². The van der Waals surface area contributed by atoms with Gasteiger partial charge in [-0.3, -0.25) is 4.68 Å². The van der Waals surface area contributed by atoms with Crippen LogP contribution in [0.5, 0.6) is 0 Å². The molecule has 2 aromatic heterocycles. The number of halogens is 3. The highest BCUT2D eigenvalue weighted by Crippen LogP contribution is 2.27. The monoisotopic (exact) mass is 310 g/mol. The zero-order valence-corrected chi connectivity index (χ0v) is 12.2. The summed E-state index contributed by atoms with van der Waals surface area (Å²) in [6.07, 6.45) is -0.205. The van der Waals surface area contributed by atoms with E-state index in [1.807, 2.05) is 12.1 Å². The average molecular weight is 310 g/mol. The van der Waals surface area contributed by atoms with Crippen molar-refractivity contribution in [2.45, 2.75) is 26.1 Å². The van der Waals surface area contributed by atoms with E-state index in [2.05, 4.69) is 21.9 Å². The maximum Gasteiger partial charge on any atom is 0.435 e. The molecule has 0 radical (unpaired) electrons. The molecule has 4 nitrogen and oxygen atoms in total. The Morgan fingerprint density at radius 2 is 2.09 bits per heavy atom. The SMILES string of the molecule is C[C@H]1CCN(c2ccc(Cn3ccc(C(F)(F)F)n3)cn2)C1. The van der Waals surface area contributed by atoms with Crippen LogP contribution in [0.15, 0.2) is 30.6 Å². The quantitative estimate of drug-likeness (QED) is 0.873. The molecule has 0 unspecified atom stereocenters. The van der Waals surface area contributed by atoms with E-state index in [0.717, 1.165) is 37.0 Å². The van der Waals surface area contributed by atoms with E-state index in [1.54, 1.807) is 6.20 Å². The molecule has 1 fully saturated rings. The van der Waals surface area contributed by atoms with E-state index in [9.17, 15) is 13.2 Å². The molecule has 0 aromatic carbocycles. The molecular formula is C15H17F3N4. The van der Waals surface area contributed by atoms with Gasteiger partial charge >= 0.3 is 6.18 Å². The minimum Gasteiger partial charge on any atom is -0.356 e.